The zero-order valence-corrected chi connectivity index (χ0v) is 12.8. The molecule has 0 radical (unpaired) electrons. The number of nitrogens with zero attached hydrogens (tertiary/aromatic N) is 1. The summed E-state index contributed by atoms with van der Waals surface area (Å²) in [7, 11) is 0. The predicted molar refractivity (Wildman–Crippen MR) is 79.9 cm³/mol. The van der Waals surface area contributed by atoms with E-state index in [1.165, 1.54) is 24.9 Å². The van der Waals surface area contributed by atoms with Gasteiger partial charge in [-0.15, -0.1) is 0 Å². The summed E-state index contributed by atoms with van der Waals surface area (Å²) in [5.41, 5.74) is 2.72. The van der Waals surface area contributed by atoms with Gasteiger partial charge in [0.2, 0.25) is 0 Å². The molecule has 18 heavy (non-hydrogen) atoms. The Kier molecular flexibility index (Phi) is 4.33. The number of benzene rings is 1. The van der Waals surface area contributed by atoms with Crippen LogP contribution < -0.4 is 4.90 Å². The standard InChI is InChI=1S/C15H22BrNO/c1-3-15(4-2)7-8-17(11-15)14-6-5-12(10-18)9-13(14)16/h5-6,9,18H,3-4,7-8,10-11H2,1-2H3. The fourth-order valence-electron chi connectivity index (χ4n) is 2.87. The fourth-order valence-corrected chi connectivity index (χ4v) is 3.55. The number of hydrogen-bond acceptors (Lipinski definition) is 2. The zero-order valence-electron chi connectivity index (χ0n) is 11.2. The van der Waals surface area contributed by atoms with Gasteiger partial charge in [0.15, 0.2) is 0 Å². The fraction of sp³-hybridized carbons (Fsp3) is 0.600. The Morgan fingerprint density at radius 3 is 2.56 bits per heavy atom. The summed E-state index contributed by atoms with van der Waals surface area (Å²) >= 11 is 3.63. The number of rotatable bonds is 4. The van der Waals surface area contributed by atoms with Gasteiger partial charge in [-0.3, -0.25) is 0 Å². The van der Waals surface area contributed by atoms with Gasteiger partial charge in [-0.1, -0.05) is 19.9 Å². The molecular weight excluding hydrogens is 290 g/mol. The van der Waals surface area contributed by atoms with Crippen LogP contribution in [0.1, 0.15) is 38.7 Å². The highest BCUT2D eigenvalue weighted by Gasteiger charge is 2.35. The van der Waals surface area contributed by atoms with E-state index in [0.717, 1.165) is 23.1 Å². The summed E-state index contributed by atoms with van der Waals surface area (Å²) in [6.45, 7) is 7.00. The smallest absolute Gasteiger partial charge is 0.0682 e. The van der Waals surface area contributed by atoms with Crippen molar-refractivity contribution in [1.82, 2.24) is 0 Å². The van der Waals surface area contributed by atoms with E-state index in [1.807, 2.05) is 12.1 Å². The molecule has 0 saturated carbocycles. The van der Waals surface area contributed by atoms with Crippen LogP contribution in [0.5, 0.6) is 0 Å². The molecule has 3 heteroatoms. The van der Waals surface area contributed by atoms with Gasteiger partial charge in [-0.2, -0.15) is 0 Å². The third-order valence-electron chi connectivity index (χ3n) is 4.47. The number of anilines is 1. The highest BCUT2D eigenvalue weighted by Crippen LogP contribution is 2.41. The van der Waals surface area contributed by atoms with E-state index in [0.29, 0.717) is 5.41 Å². The average molecular weight is 312 g/mol. The van der Waals surface area contributed by atoms with Gasteiger partial charge >= 0.3 is 0 Å². The van der Waals surface area contributed by atoms with Crippen LogP contribution in [0.25, 0.3) is 0 Å². The Morgan fingerprint density at radius 1 is 1.33 bits per heavy atom. The highest BCUT2D eigenvalue weighted by atomic mass is 79.9. The monoisotopic (exact) mass is 311 g/mol. The van der Waals surface area contributed by atoms with Crippen molar-refractivity contribution in [3.63, 3.8) is 0 Å². The van der Waals surface area contributed by atoms with Gasteiger partial charge in [0, 0.05) is 17.6 Å². The maximum Gasteiger partial charge on any atom is 0.0682 e. The molecule has 1 aromatic rings. The molecule has 0 unspecified atom stereocenters. The molecule has 1 aliphatic heterocycles. The van der Waals surface area contributed by atoms with E-state index in [-0.39, 0.29) is 6.61 Å². The van der Waals surface area contributed by atoms with E-state index in [1.54, 1.807) is 0 Å². The number of aliphatic hydroxyl groups excluding tert-OH is 1. The summed E-state index contributed by atoms with van der Waals surface area (Å²) in [6.07, 6.45) is 3.80. The van der Waals surface area contributed by atoms with Gasteiger partial charge in [0.05, 0.1) is 12.3 Å². The Balaban J connectivity index is 2.19. The van der Waals surface area contributed by atoms with Crippen LogP contribution in [0.4, 0.5) is 5.69 Å². The number of halogens is 1. The van der Waals surface area contributed by atoms with Gasteiger partial charge < -0.3 is 10.0 Å². The van der Waals surface area contributed by atoms with Crippen LogP contribution >= 0.6 is 15.9 Å². The van der Waals surface area contributed by atoms with E-state index in [2.05, 4.69) is 40.7 Å². The van der Waals surface area contributed by atoms with Crippen molar-refractivity contribution in [2.45, 2.75) is 39.7 Å². The SMILES string of the molecule is CCC1(CC)CCN(c2ccc(CO)cc2Br)C1. The van der Waals surface area contributed by atoms with Crippen molar-refractivity contribution >= 4 is 21.6 Å². The van der Waals surface area contributed by atoms with Crippen molar-refractivity contribution in [2.75, 3.05) is 18.0 Å². The Bertz CT molecular complexity index is 415. The molecule has 2 nitrogen and oxygen atoms in total. The first-order valence-electron chi connectivity index (χ1n) is 6.78. The normalized spacial score (nSPS) is 18.3. The van der Waals surface area contributed by atoms with Crippen molar-refractivity contribution in [3.8, 4) is 0 Å². The number of aliphatic hydroxyl groups is 1. The van der Waals surface area contributed by atoms with Crippen LogP contribution in [-0.4, -0.2) is 18.2 Å². The maximum absolute atomic E-state index is 9.14. The van der Waals surface area contributed by atoms with Gasteiger partial charge in [-0.05, 0) is 58.3 Å². The lowest BCUT2D eigenvalue weighted by atomic mass is 9.82. The summed E-state index contributed by atoms with van der Waals surface area (Å²) in [6, 6.07) is 6.16. The molecule has 0 spiro atoms. The molecule has 1 fully saturated rings. The molecule has 0 aromatic heterocycles. The van der Waals surface area contributed by atoms with E-state index < -0.39 is 0 Å². The Morgan fingerprint density at radius 2 is 2.06 bits per heavy atom. The quantitative estimate of drug-likeness (QED) is 0.910. The second-order valence-electron chi connectivity index (χ2n) is 5.32. The van der Waals surface area contributed by atoms with Crippen molar-refractivity contribution in [3.05, 3.63) is 28.2 Å². The molecule has 0 atom stereocenters. The maximum atomic E-state index is 9.14. The average Bonchev–Trinajstić information content (AvgIpc) is 2.83. The van der Waals surface area contributed by atoms with Crippen LogP contribution in [0, 0.1) is 5.41 Å². The predicted octanol–water partition coefficient (Wildman–Crippen LogP) is 3.96. The summed E-state index contributed by atoms with van der Waals surface area (Å²) in [4.78, 5) is 2.47. The highest BCUT2D eigenvalue weighted by molar-refractivity contribution is 9.10. The number of hydrogen-bond donors (Lipinski definition) is 1. The van der Waals surface area contributed by atoms with E-state index in [4.69, 9.17) is 5.11 Å². The molecule has 0 aliphatic carbocycles. The van der Waals surface area contributed by atoms with E-state index in [9.17, 15) is 0 Å². The first-order chi connectivity index (χ1) is 8.64. The van der Waals surface area contributed by atoms with Crippen LogP contribution in [-0.2, 0) is 6.61 Å². The molecule has 0 amide bonds. The van der Waals surface area contributed by atoms with Crippen molar-refractivity contribution in [2.24, 2.45) is 5.41 Å². The minimum atomic E-state index is 0.104. The molecule has 1 aromatic carbocycles. The lowest BCUT2D eigenvalue weighted by molar-refractivity contribution is 0.282. The largest absolute Gasteiger partial charge is 0.392 e. The Hall–Kier alpha value is -0.540. The zero-order chi connectivity index (χ0) is 13.2. The van der Waals surface area contributed by atoms with Gasteiger partial charge in [-0.25, -0.2) is 0 Å². The second kappa shape index (κ2) is 5.62. The van der Waals surface area contributed by atoms with Gasteiger partial charge in [0.25, 0.3) is 0 Å². The third-order valence-corrected chi connectivity index (χ3v) is 5.11. The molecular formula is C15H22BrNO. The van der Waals surface area contributed by atoms with E-state index >= 15 is 0 Å². The molecule has 1 N–H and O–H groups in total. The summed E-state index contributed by atoms with van der Waals surface area (Å²) in [5, 5.41) is 9.14. The summed E-state index contributed by atoms with van der Waals surface area (Å²) in [5.74, 6) is 0. The molecule has 0 bridgehead atoms. The van der Waals surface area contributed by atoms with Gasteiger partial charge in [0.1, 0.15) is 0 Å². The molecule has 1 aliphatic rings. The molecule has 1 saturated heterocycles. The Labute approximate surface area is 118 Å². The minimum absolute atomic E-state index is 0.104. The van der Waals surface area contributed by atoms with Crippen LogP contribution in [0.3, 0.4) is 0 Å². The minimum Gasteiger partial charge on any atom is -0.392 e. The lowest BCUT2D eigenvalue weighted by Gasteiger charge is -2.27. The first-order valence-corrected chi connectivity index (χ1v) is 7.57. The third kappa shape index (κ3) is 2.57. The topological polar surface area (TPSA) is 23.5 Å². The van der Waals surface area contributed by atoms with Crippen molar-refractivity contribution < 1.29 is 5.11 Å². The van der Waals surface area contributed by atoms with Crippen molar-refractivity contribution in [1.29, 1.82) is 0 Å². The lowest BCUT2D eigenvalue weighted by Crippen LogP contribution is -2.26. The first kappa shape index (κ1) is 13.9. The molecule has 100 valence electrons. The van der Waals surface area contributed by atoms with Crippen LogP contribution in [0.15, 0.2) is 22.7 Å². The van der Waals surface area contributed by atoms with Crippen LogP contribution in [0.2, 0.25) is 0 Å². The summed E-state index contributed by atoms with van der Waals surface area (Å²) < 4.78 is 1.09. The molecule has 2 rings (SSSR count). The molecule has 1 heterocycles. The second-order valence-corrected chi connectivity index (χ2v) is 6.18.